The molecule has 48 heteroatoms. The van der Waals surface area contributed by atoms with Gasteiger partial charge in [0.2, 0.25) is 0 Å². The summed E-state index contributed by atoms with van der Waals surface area (Å²) in [5.74, 6) is 0. The number of hydrogen-bond acceptors (Lipinski definition) is 16. The fourth-order valence-corrected chi connectivity index (χ4v) is 0. The van der Waals surface area contributed by atoms with E-state index in [-0.39, 0.29) is 473 Å². The van der Waals surface area contributed by atoms with Gasteiger partial charge in [-0.15, -0.1) is 0 Å². The van der Waals surface area contributed by atoms with E-state index in [1.54, 1.807) is 0 Å². The maximum atomic E-state index is 9.89. The molecule has 0 aliphatic carbocycles. The third kappa shape index (κ3) is 951. The molecule has 0 aromatic carbocycles. The van der Waals surface area contributed by atoms with Crippen LogP contribution in [0, 0.1) is 0 Å². The Balaban J connectivity index is -0.00000000595. The van der Waals surface area contributed by atoms with Gasteiger partial charge in [0.25, 0.3) is 0 Å². The summed E-state index contributed by atoms with van der Waals surface area (Å²) >= 11 is 0. The molecule has 16 nitrogen and oxygen atoms in total. The average molecular weight is 862 g/mol. The third-order valence-corrected chi connectivity index (χ3v) is 0. The molecule has 0 aliphatic rings. The summed E-state index contributed by atoms with van der Waals surface area (Å²) in [5, 5.41) is 133. The minimum atomic E-state index is -3.17. The Morgan fingerprint density at radius 2 is 0.146 bits per heavy atom. The monoisotopic (exact) mass is 864 g/mol. The van der Waals surface area contributed by atoms with E-state index in [0.717, 1.165) is 0 Å². The van der Waals surface area contributed by atoms with Crippen LogP contribution in [-0.2, 0) is 0 Å². The van der Waals surface area contributed by atoms with E-state index in [1.165, 1.54) is 0 Å². The quantitative estimate of drug-likeness (QED) is 0.161. The topological polar surface area (TPSA) is 369 Å². The third-order valence-electron chi connectivity index (χ3n) is 0. The molecule has 0 saturated heterocycles. The molecule has 0 bridgehead atoms. The molecule has 0 aliphatic heterocycles. The standard InChI is InChI=1S/8BFO2.16Na/c8*2-1(3)4;;;;;;;;;;;;;;;;/q8*-2;16*+1. The molecular weight excluding hydrogens is 862 g/mol. The van der Waals surface area contributed by atoms with Crippen LogP contribution in [0.25, 0.3) is 0 Å². The van der Waals surface area contributed by atoms with E-state index in [9.17, 15) is 34.5 Å². The molecule has 0 saturated carbocycles. The average Bonchev–Trinajstić information content (AvgIpc) is 2.30. The second-order valence-corrected chi connectivity index (χ2v) is 2.20. The largest absolute Gasteiger partial charge is 1.00 e. The summed E-state index contributed by atoms with van der Waals surface area (Å²) in [5.41, 5.74) is 0. The van der Waals surface area contributed by atoms with E-state index >= 15 is 0 Å². The van der Waals surface area contributed by atoms with Crippen molar-refractivity contribution in [2.24, 2.45) is 0 Å². The van der Waals surface area contributed by atoms with Gasteiger partial charge in [-0.25, -0.2) is 0 Å². The summed E-state index contributed by atoms with van der Waals surface area (Å²) in [6.45, 7) is 0. The number of halogens is 8. The van der Waals surface area contributed by atoms with Crippen molar-refractivity contribution in [1.29, 1.82) is 0 Å². The Kier molecular flexibility index (Phi) is 502. The summed E-state index contributed by atoms with van der Waals surface area (Å²) in [7, 11) is -25.3. The zero-order valence-electron chi connectivity index (χ0n) is 30.2. The molecule has 0 atom stereocenters. The zero-order chi connectivity index (χ0) is 28.6. The predicted molar refractivity (Wildman–Crippen MR) is 54.9 cm³/mol. The molecule has 0 spiro atoms. The number of rotatable bonds is 0. The second kappa shape index (κ2) is 152. The van der Waals surface area contributed by atoms with Crippen molar-refractivity contribution in [3.05, 3.63) is 0 Å². The second-order valence-electron chi connectivity index (χ2n) is 2.20. The van der Waals surface area contributed by atoms with Gasteiger partial charge in [0, 0.05) is 0 Å². The van der Waals surface area contributed by atoms with Crippen LogP contribution in [-0.4, -0.2) is 59.2 Å². The summed E-state index contributed by atoms with van der Waals surface area (Å²) in [6, 6.07) is 0. The summed E-state index contributed by atoms with van der Waals surface area (Å²) < 4.78 is 79.1. The Morgan fingerprint density at radius 1 is 0.146 bits per heavy atom. The molecule has 0 rings (SSSR count). The minimum absolute atomic E-state index is 0. The molecule has 0 N–H and O–H groups in total. The van der Waals surface area contributed by atoms with Gasteiger partial charge in [0.1, 0.15) is 59.2 Å². The van der Waals surface area contributed by atoms with Crippen molar-refractivity contribution in [1.82, 2.24) is 0 Å². The van der Waals surface area contributed by atoms with Gasteiger partial charge >= 0.3 is 473 Å². The van der Waals surface area contributed by atoms with E-state index < -0.39 is 59.2 Å². The maximum Gasteiger partial charge on any atom is 1.00 e. The van der Waals surface area contributed by atoms with Gasteiger partial charge in [-0.1, -0.05) is 0 Å². The first-order chi connectivity index (χ1) is 13.9. The molecule has 0 heterocycles. The Labute approximate surface area is 630 Å². The predicted octanol–water partition coefficient (Wildman–Crippen LogP) is -66.6. The van der Waals surface area contributed by atoms with E-state index in [1.807, 2.05) is 0 Å². The van der Waals surface area contributed by atoms with Gasteiger partial charge < -0.3 is 115 Å². The Bertz CT molecular complexity index is 202. The van der Waals surface area contributed by atoms with Gasteiger partial charge in [0.15, 0.2) is 0 Å². The number of hydrogen-bond donors (Lipinski definition) is 0. The van der Waals surface area contributed by atoms with E-state index in [4.69, 9.17) is 80.4 Å². The van der Waals surface area contributed by atoms with Crippen molar-refractivity contribution < 1.29 is 588 Å². The van der Waals surface area contributed by atoms with Crippen molar-refractivity contribution in [3.8, 4) is 0 Å². The first-order valence-electron chi connectivity index (χ1n) is 5.52. The van der Waals surface area contributed by atoms with Crippen LogP contribution in [0.4, 0.5) is 34.5 Å². The van der Waals surface area contributed by atoms with Crippen LogP contribution in [0.2, 0.25) is 0 Å². The molecule has 0 aromatic rings. The van der Waals surface area contributed by atoms with Crippen molar-refractivity contribution >= 4 is 59.2 Å². The van der Waals surface area contributed by atoms with Gasteiger partial charge in [-0.2, -0.15) is 0 Å². The molecule has 0 amide bonds. The molecular formula is B8F8Na16O16. The molecule has 48 heavy (non-hydrogen) atoms. The normalized spacial score (nSPS) is 4.50. The molecule has 0 unspecified atom stereocenters. The molecule has 192 valence electrons. The van der Waals surface area contributed by atoms with Crippen LogP contribution in [0.15, 0.2) is 0 Å². The minimum Gasteiger partial charge on any atom is -0.867 e. The van der Waals surface area contributed by atoms with E-state index in [0.29, 0.717) is 0 Å². The van der Waals surface area contributed by atoms with Gasteiger partial charge in [-0.05, 0) is 0 Å². The van der Waals surface area contributed by atoms with Crippen LogP contribution in [0.5, 0.6) is 0 Å². The fraction of sp³-hybridized carbons (Fsp3) is 0. The zero-order valence-corrected chi connectivity index (χ0v) is 62.2. The summed E-state index contributed by atoms with van der Waals surface area (Å²) in [6.07, 6.45) is 0. The van der Waals surface area contributed by atoms with Gasteiger partial charge in [-0.3, -0.25) is 0 Å². The smallest absolute Gasteiger partial charge is 0.867 e. The van der Waals surface area contributed by atoms with Crippen molar-refractivity contribution in [2.45, 2.75) is 0 Å². The van der Waals surface area contributed by atoms with Crippen LogP contribution in [0.3, 0.4) is 0 Å². The SMILES string of the molecule is [Na+].[Na+].[Na+].[Na+].[Na+].[Na+].[Na+].[Na+].[Na+].[Na+].[Na+].[Na+].[Na+].[Na+].[Na+].[Na+].[O-]B([O-])F.[O-]B([O-])F.[O-]B([O-])F.[O-]B([O-])F.[O-]B([O-])F.[O-]B([O-])F.[O-]B([O-])F.[O-]B([O-])F. The molecule has 0 aromatic heterocycles. The van der Waals surface area contributed by atoms with Gasteiger partial charge in [0.05, 0.1) is 0 Å². The van der Waals surface area contributed by atoms with Crippen LogP contribution >= 0.6 is 0 Å². The molecule has 0 fully saturated rings. The van der Waals surface area contributed by atoms with Crippen molar-refractivity contribution in [3.63, 3.8) is 0 Å². The Morgan fingerprint density at radius 3 is 0.146 bits per heavy atom. The Hall–Kier alpha value is 15.3. The fourth-order valence-electron chi connectivity index (χ4n) is 0. The van der Waals surface area contributed by atoms with Crippen LogP contribution in [0.1, 0.15) is 0 Å². The summed E-state index contributed by atoms with van der Waals surface area (Å²) in [4.78, 5) is 0. The van der Waals surface area contributed by atoms with Crippen LogP contribution < -0.4 is 553 Å². The molecule has 0 radical (unpaired) electrons. The first kappa shape index (κ1) is 159. The first-order valence-corrected chi connectivity index (χ1v) is 5.52. The van der Waals surface area contributed by atoms with Crippen molar-refractivity contribution in [2.75, 3.05) is 0 Å². The van der Waals surface area contributed by atoms with E-state index in [2.05, 4.69) is 0 Å². The maximum absolute atomic E-state index is 9.89.